The number of likely N-dealkylation sites (N-methyl/N-ethyl adjacent to an activating group) is 1. The van der Waals surface area contributed by atoms with Crippen LogP contribution in [0.2, 0.25) is 0 Å². The topological polar surface area (TPSA) is 95.7 Å². The van der Waals surface area contributed by atoms with Crippen molar-refractivity contribution in [3.05, 3.63) is 72.7 Å². The first-order chi connectivity index (χ1) is 16.9. The summed E-state index contributed by atoms with van der Waals surface area (Å²) >= 11 is 0. The minimum absolute atomic E-state index is 0.488. The van der Waals surface area contributed by atoms with E-state index in [0.29, 0.717) is 11.5 Å². The molecule has 8 nitrogen and oxygen atoms in total. The molecule has 1 aliphatic rings. The molecule has 4 aromatic rings. The number of nitrogens with one attached hydrogen (secondary N) is 1. The summed E-state index contributed by atoms with van der Waals surface area (Å²) in [6, 6.07) is 18.3. The average Bonchev–Trinajstić information content (AvgIpc) is 3.37. The molecule has 0 spiro atoms. The summed E-state index contributed by atoms with van der Waals surface area (Å²) < 4.78 is 7.72. The van der Waals surface area contributed by atoms with Crippen LogP contribution in [0.15, 0.2) is 67.1 Å². The molecule has 8 heteroatoms. The van der Waals surface area contributed by atoms with Gasteiger partial charge >= 0.3 is 0 Å². The summed E-state index contributed by atoms with van der Waals surface area (Å²) in [5.74, 6) is 0.662. The number of hydrogen-bond donors (Lipinski definition) is 3. The molecule has 4 atom stereocenters. The largest absolute Gasteiger partial charge is 0.388 e. The fourth-order valence-electron chi connectivity index (χ4n) is 4.51. The Hall–Kier alpha value is -3.30. The van der Waals surface area contributed by atoms with Gasteiger partial charge in [0, 0.05) is 24.0 Å². The fraction of sp³-hybridized carbons (Fsp3) is 0.333. The molecule has 2 aromatic carbocycles. The van der Waals surface area contributed by atoms with Gasteiger partial charge in [-0.05, 0) is 50.7 Å². The predicted octanol–water partition coefficient (Wildman–Crippen LogP) is 3.59. The van der Waals surface area contributed by atoms with Gasteiger partial charge < -0.3 is 29.7 Å². The number of nitrogens with zero attached hydrogens (tertiary/aromatic N) is 4. The number of ether oxygens (including phenoxy) is 1. The second-order valence-electron chi connectivity index (χ2n) is 9.33. The SMILES string of the molecule is C[C@H]1O[C@@H](n2cc(-c3ccccc3)c3c(Nc4ccc(CCN(C)C)cc4)ncnc32)[C@H](O)[C@@H]1O. The summed E-state index contributed by atoms with van der Waals surface area (Å²) in [6.45, 7) is 2.75. The van der Waals surface area contributed by atoms with Crippen molar-refractivity contribution >= 4 is 22.5 Å². The molecule has 1 aliphatic heterocycles. The second kappa shape index (κ2) is 9.75. The predicted molar refractivity (Wildman–Crippen MR) is 137 cm³/mol. The zero-order valence-corrected chi connectivity index (χ0v) is 20.2. The molecule has 5 rings (SSSR count). The Morgan fingerprint density at radius 2 is 1.74 bits per heavy atom. The van der Waals surface area contributed by atoms with Crippen LogP contribution in [0.1, 0.15) is 18.7 Å². The molecular weight excluding hydrogens is 442 g/mol. The second-order valence-corrected chi connectivity index (χ2v) is 9.33. The molecule has 3 N–H and O–H groups in total. The van der Waals surface area contributed by atoms with Crippen molar-refractivity contribution < 1.29 is 14.9 Å². The highest BCUT2D eigenvalue weighted by Crippen LogP contribution is 2.39. The van der Waals surface area contributed by atoms with Crippen molar-refractivity contribution in [2.45, 2.75) is 37.9 Å². The van der Waals surface area contributed by atoms with E-state index < -0.39 is 24.5 Å². The Balaban J connectivity index is 1.56. The summed E-state index contributed by atoms with van der Waals surface area (Å²) in [5.41, 5.74) is 4.72. The van der Waals surface area contributed by atoms with E-state index in [0.717, 1.165) is 35.2 Å². The van der Waals surface area contributed by atoms with Crippen molar-refractivity contribution in [1.82, 2.24) is 19.4 Å². The molecule has 182 valence electrons. The molecule has 0 aliphatic carbocycles. The highest BCUT2D eigenvalue weighted by molar-refractivity contribution is 6.02. The van der Waals surface area contributed by atoms with E-state index in [2.05, 4.69) is 58.5 Å². The quantitative estimate of drug-likeness (QED) is 0.378. The monoisotopic (exact) mass is 473 g/mol. The number of anilines is 2. The molecule has 0 radical (unpaired) electrons. The molecule has 1 saturated heterocycles. The Bertz CT molecular complexity index is 1290. The van der Waals surface area contributed by atoms with Crippen LogP contribution in [0.3, 0.4) is 0 Å². The van der Waals surface area contributed by atoms with Gasteiger partial charge in [0.25, 0.3) is 0 Å². The Morgan fingerprint density at radius 1 is 1.00 bits per heavy atom. The highest BCUT2D eigenvalue weighted by atomic mass is 16.6. The van der Waals surface area contributed by atoms with E-state index >= 15 is 0 Å². The van der Waals surface area contributed by atoms with Crippen LogP contribution in [0.25, 0.3) is 22.2 Å². The lowest BCUT2D eigenvalue weighted by molar-refractivity contribution is -0.0295. The third-order valence-electron chi connectivity index (χ3n) is 6.51. The van der Waals surface area contributed by atoms with Crippen molar-refractivity contribution in [3.63, 3.8) is 0 Å². The van der Waals surface area contributed by atoms with Gasteiger partial charge in [-0.1, -0.05) is 42.5 Å². The summed E-state index contributed by atoms with van der Waals surface area (Å²) in [7, 11) is 4.15. The molecule has 0 unspecified atom stereocenters. The minimum atomic E-state index is -1.06. The summed E-state index contributed by atoms with van der Waals surface area (Å²) in [5, 5.41) is 25.2. The van der Waals surface area contributed by atoms with Crippen LogP contribution in [0.4, 0.5) is 11.5 Å². The van der Waals surface area contributed by atoms with Gasteiger partial charge in [0.15, 0.2) is 6.23 Å². The molecular formula is C27H31N5O3. The first-order valence-electron chi connectivity index (χ1n) is 11.9. The summed E-state index contributed by atoms with van der Waals surface area (Å²) in [6.07, 6.45) is 1.14. The third kappa shape index (κ3) is 4.66. The van der Waals surface area contributed by atoms with Gasteiger partial charge in [-0.2, -0.15) is 0 Å². The van der Waals surface area contributed by atoms with Crippen LogP contribution >= 0.6 is 0 Å². The lowest BCUT2D eigenvalue weighted by atomic mass is 10.1. The maximum atomic E-state index is 10.7. The van der Waals surface area contributed by atoms with E-state index in [1.165, 1.54) is 11.9 Å². The minimum Gasteiger partial charge on any atom is -0.388 e. The first-order valence-corrected chi connectivity index (χ1v) is 11.9. The zero-order valence-electron chi connectivity index (χ0n) is 20.2. The Labute approximate surface area is 204 Å². The molecule has 0 saturated carbocycles. The van der Waals surface area contributed by atoms with Gasteiger partial charge in [-0.3, -0.25) is 0 Å². The standard InChI is InChI=1S/C27H31N5O3/c1-17-23(33)24(34)27(35-17)32-15-21(19-7-5-4-6-8-19)22-25(28-16-29-26(22)32)30-20-11-9-18(10-12-20)13-14-31(2)3/h4-12,15-17,23-24,27,33-34H,13-14H2,1-3H3,(H,28,29,30)/t17-,23-,24-,27-/m1/s1. The molecule has 1 fully saturated rings. The number of aliphatic hydroxyl groups excluding tert-OH is 2. The van der Waals surface area contributed by atoms with Crippen LogP contribution in [0, 0.1) is 0 Å². The van der Waals surface area contributed by atoms with Crippen LogP contribution in [0.5, 0.6) is 0 Å². The van der Waals surface area contributed by atoms with Gasteiger partial charge in [0.05, 0.1) is 11.5 Å². The van der Waals surface area contributed by atoms with Crippen LogP contribution in [-0.4, -0.2) is 68.6 Å². The number of aromatic nitrogens is 3. The van der Waals surface area contributed by atoms with E-state index in [-0.39, 0.29) is 0 Å². The smallest absolute Gasteiger partial charge is 0.164 e. The average molecular weight is 474 g/mol. The van der Waals surface area contributed by atoms with E-state index in [1.807, 2.05) is 36.5 Å². The lowest BCUT2D eigenvalue weighted by Crippen LogP contribution is -2.30. The van der Waals surface area contributed by atoms with Crippen molar-refractivity contribution in [2.24, 2.45) is 0 Å². The van der Waals surface area contributed by atoms with Gasteiger partial charge in [-0.25, -0.2) is 9.97 Å². The number of aliphatic hydroxyl groups is 2. The number of fused-ring (bicyclic) bond motifs is 1. The number of rotatable bonds is 7. The van der Waals surface area contributed by atoms with Crippen LogP contribution < -0.4 is 5.32 Å². The highest BCUT2D eigenvalue weighted by Gasteiger charge is 2.42. The maximum absolute atomic E-state index is 10.7. The van der Waals surface area contributed by atoms with Crippen molar-refractivity contribution in [3.8, 4) is 11.1 Å². The van der Waals surface area contributed by atoms with Crippen molar-refractivity contribution in [1.29, 1.82) is 0 Å². The molecule has 0 amide bonds. The van der Waals surface area contributed by atoms with Gasteiger partial charge in [-0.15, -0.1) is 0 Å². The molecule has 35 heavy (non-hydrogen) atoms. The third-order valence-corrected chi connectivity index (χ3v) is 6.51. The van der Waals surface area contributed by atoms with E-state index in [9.17, 15) is 10.2 Å². The van der Waals surface area contributed by atoms with Gasteiger partial charge in [0.1, 0.15) is 30.0 Å². The number of hydrogen-bond acceptors (Lipinski definition) is 7. The first kappa shape index (κ1) is 23.4. The molecule has 2 aromatic heterocycles. The Kier molecular flexibility index (Phi) is 6.53. The normalized spacial score (nSPS) is 22.2. The number of benzene rings is 2. The zero-order chi connectivity index (χ0) is 24.5. The van der Waals surface area contributed by atoms with Gasteiger partial charge in [0.2, 0.25) is 0 Å². The maximum Gasteiger partial charge on any atom is 0.164 e. The van der Waals surface area contributed by atoms with Crippen LogP contribution in [-0.2, 0) is 11.2 Å². The Morgan fingerprint density at radius 3 is 2.40 bits per heavy atom. The lowest BCUT2D eigenvalue weighted by Gasteiger charge is -2.17. The van der Waals surface area contributed by atoms with E-state index in [4.69, 9.17) is 4.74 Å². The molecule has 0 bridgehead atoms. The fourth-order valence-corrected chi connectivity index (χ4v) is 4.51. The molecule has 3 heterocycles. The summed E-state index contributed by atoms with van der Waals surface area (Å²) in [4.78, 5) is 11.3. The van der Waals surface area contributed by atoms with E-state index in [1.54, 1.807) is 11.5 Å². The van der Waals surface area contributed by atoms with Crippen molar-refractivity contribution in [2.75, 3.05) is 26.0 Å².